The van der Waals surface area contributed by atoms with E-state index in [4.69, 9.17) is 4.74 Å². The van der Waals surface area contributed by atoms with Gasteiger partial charge in [-0.2, -0.15) is 0 Å². The summed E-state index contributed by atoms with van der Waals surface area (Å²) in [6.45, 7) is 5.45. The molecule has 0 aliphatic heterocycles. The van der Waals surface area contributed by atoms with Crippen LogP contribution in [0, 0.1) is 11.8 Å². The number of ether oxygens (including phenoxy) is 1. The summed E-state index contributed by atoms with van der Waals surface area (Å²) in [4.78, 5) is 29.6. The molecule has 1 aromatic carbocycles. The molecule has 0 spiro atoms. The van der Waals surface area contributed by atoms with Crippen LogP contribution in [0.4, 0.5) is 0 Å². The number of benzene rings is 1. The zero-order valence-electron chi connectivity index (χ0n) is 12.6. The lowest BCUT2D eigenvalue weighted by molar-refractivity contribution is 0.00695. The summed E-state index contributed by atoms with van der Waals surface area (Å²) in [5.74, 6) is 5.22. The molecule has 5 heteroatoms. The Morgan fingerprint density at radius 1 is 1.18 bits per heavy atom. The van der Waals surface area contributed by atoms with Crippen LogP contribution in [0.5, 0.6) is 0 Å². The molecule has 0 radical (unpaired) electrons. The fourth-order valence-electron chi connectivity index (χ4n) is 1.60. The first-order chi connectivity index (χ1) is 10.3. The van der Waals surface area contributed by atoms with Crippen molar-refractivity contribution < 1.29 is 9.53 Å². The maximum Gasteiger partial charge on any atom is 0.338 e. The zero-order valence-corrected chi connectivity index (χ0v) is 12.6. The third-order valence-electron chi connectivity index (χ3n) is 2.58. The molecule has 0 aliphatic rings. The molecule has 0 amide bonds. The minimum Gasteiger partial charge on any atom is -0.456 e. The van der Waals surface area contributed by atoms with Gasteiger partial charge in [0, 0.05) is 11.8 Å². The predicted molar refractivity (Wildman–Crippen MR) is 82.4 cm³/mol. The van der Waals surface area contributed by atoms with Gasteiger partial charge < -0.3 is 9.72 Å². The molecule has 2 rings (SSSR count). The van der Waals surface area contributed by atoms with Crippen LogP contribution in [-0.4, -0.2) is 21.5 Å². The molecule has 1 heterocycles. The summed E-state index contributed by atoms with van der Waals surface area (Å²) in [7, 11) is 0. The number of hydrogen-bond donors (Lipinski definition) is 1. The van der Waals surface area contributed by atoms with E-state index < -0.39 is 5.60 Å². The van der Waals surface area contributed by atoms with Crippen molar-refractivity contribution in [2.45, 2.75) is 26.4 Å². The zero-order chi connectivity index (χ0) is 16.2. The average Bonchev–Trinajstić information content (AvgIpc) is 2.45. The summed E-state index contributed by atoms with van der Waals surface area (Å²) in [6, 6.07) is 6.70. The first-order valence-electron chi connectivity index (χ1n) is 6.73. The van der Waals surface area contributed by atoms with Crippen molar-refractivity contribution in [2.75, 3.05) is 0 Å². The molecule has 5 nitrogen and oxygen atoms in total. The minimum atomic E-state index is -0.531. The Bertz CT molecular complexity index is 787. The monoisotopic (exact) mass is 296 g/mol. The van der Waals surface area contributed by atoms with Gasteiger partial charge in [-0.15, -0.1) is 0 Å². The highest BCUT2D eigenvalue weighted by Crippen LogP contribution is 2.12. The third kappa shape index (κ3) is 4.32. The number of esters is 1. The average molecular weight is 296 g/mol. The molecule has 0 atom stereocenters. The first-order valence-corrected chi connectivity index (χ1v) is 6.73. The number of hydrogen-bond acceptors (Lipinski definition) is 4. The summed E-state index contributed by atoms with van der Waals surface area (Å²) >= 11 is 0. The highest BCUT2D eigenvalue weighted by atomic mass is 16.6. The lowest BCUT2D eigenvalue weighted by Gasteiger charge is -2.19. The number of aromatic nitrogens is 2. The van der Waals surface area contributed by atoms with Crippen LogP contribution in [-0.2, 0) is 4.74 Å². The quantitative estimate of drug-likeness (QED) is 0.646. The largest absolute Gasteiger partial charge is 0.456 e. The van der Waals surface area contributed by atoms with E-state index in [1.54, 1.807) is 24.3 Å². The second-order valence-electron chi connectivity index (χ2n) is 5.62. The predicted octanol–water partition coefficient (Wildman–Crippen LogP) is 2.12. The maximum absolute atomic E-state index is 11.9. The number of aromatic amines is 1. The molecule has 0 aliphatic carbocycles. The fraction of sp³-hybridized carbons (Fsp3) is 0.235. The van der Waals surface area contributed by atoms with Crippen LogP contribution in [0.2, 0.25) is 0 Å². The number of nitrogens with zero attached hydrogens (tertiary/aromatic N) is 1. The van der Waals surface area contributed by atoms with Gasteiger partial charge in [-0.3, -0.25) is 4.79 Å². The normalized spacial score (nSPS) is 10.5. The van der Waals surface area contributed by atoms with Crippen molar-refractivity contribution in [1.29, 1.82) is 0 Å². The molecular weight excluding hydrogens is 280 g/mol. The summed E-state index contributed by atoms with van der Waals surface area (Å²) < 4.78 is 5.28. The molecule has 112 valence electrons. The molecule has 1 N–H and O–H groups in total. The van der Waals surface area contributed by atoms with Gasteiger partial charge in [-0.25, -0.2) is 9.78 Å². The van der Waals surface area contributed by atoms with Crippen molar-refractivity contribution >= 4 is 5.97 Å². The fourth-order valence-corrected chi connectivity index (χ4v) is 1.60. The molecular formula is C17H16N2O3. The Hall–Kier alpha value is -2.87. The smallest absolute Gasteiger partial charge is 0.338 e. The standard InChI is InChI=1S/C17H16N2O3/c1-17(2,3)22-16(21)13-7-4-12(5-8-13)6-9-14-10-18-11-19-15(14)20/h4-5,7-8,10-11H,1-3H3,(H,18,19,20). The van der Waals surface area contributed by atoms with Gasteiger partial charge in [-0.1, -0.05) is 11.8 Å². The summed E-state index contributed by atoms with van der Waals surface area (Å²) in [6.07, 6.45) is 2.71. The highest BCUT2D eigenvalue weighted by molar-refractivity contribution is 5.89. The summed E-state index contributed by atoms with van der Waals surface area (Å²) in [5.41, 5.74) is 0.624. The maximum atomic E-state index is 11.9. The number of carbonyl (C=O) groups is 1. The van der Waals surface area contributed by atoms with E-state index >= 15 is 0 Å². The van der Waals surface area contributed by atoms with Gasteiger partial charge in [-0.05, 0) is 45.0 Å². The molecule has 0 bridgehead atoms. The van der Waals surface area contributed by atoms with Gasteiger partial charge >= 0.3 is 5.97 Å². The van der Waals surface area contributed by atoms with E-state index in [1.807, 2.05) is 20.8 Å². The second-order valence-corrected chi connectivity index (χ2v) is 5.62. The Kier molecular flexibility index (Phi) is 4.42. The Morgan fingerprint density at radius 3 is 2.45 bits per heavy atom. The molecule has 0 fully saturated rings. The molecule has 1 aromatic heterocycles. The van der Waals surface area contributed by atoms with E-state index in [1.165, 1.54) is 12.5 Å². The van der Waals surface area contributed by atoms with Gasteiger partial charge in [0.1, 0.15) is 11.2 Å². The molecule has 0 saturated carbocycles. The Morgan fingerprint density at radius 2 is 1.86 bits per heavy atom. The van der Waals surface area contributed by atoms with Crippen LogP contribution < -0.4 is 5.56 Å². The minimum absolute atomic E-state index is 0.284. The van der Waals surface area contributed by atoms with Crippen molar-refractivity contribution in [1.82, 2.24) is 9.97 Å². The summed E-state index contributed by atoms with van der Waals surface area (Å²) in [5, 5.41) is 0. The van der Waals surface area contributed by atoms with Crippen molar-refractivity contribution in [2.24, 2.45) is 0 Å². The van der Waals surface area contributed by atoms with Crippen LogP contribution in [0.15, 0.2) is 41.6 Å². The van der Waals surface area contributed by atoms with Gasteiger partial charge in [0.2, 0.25) is 0 Å². The van der Waals surface area contributed by atoms with Gasteiger partial charge in [0.05, 0.1) is 11.9 Å². The Balaban J connectivity index is 2.15. The van der Waals surface area contributed by atoms with Crippen molar-refractivity contribution in [3.05, 3.63) is 63.8 Å². The molecule has 2 aromatic rings. The van der Waals surface area contributed by atoms with E-state index in [2.05, 4.69) is 21.8 Å². The van der Waals surface area contributed by atoms with Crippen molar-refractivity contribution in [3.63, 3.8) is 0 Å². The van der Waals surface area contributed by atoms with E-state index in [0.29, 0.717) is 16.7 Å². The SMILES string of the molecule is CC(C)(C)OC(=O)c1ccc(C#Cc2cnc[nH]c2=O)cc1. The highest BCUT2D eigenvalue weighted by Gasteiger charge is 2.17. The van der Waals surface area contributed by atoms with Crippen LogP contribution in [0.25, 0.3) is 0 Å². The number of carbonyl (C=O) groups excluding carboxylic acids is 1. The Labute approximate surface area is 128 Å². The molecule has 0 saturated heterocycles. The topological polar surface area (TPSA) is 72.0 Å². The van der Waals surface area contributed by atoms with Crippen LogP contribution in [0.1, 0.15) is 42.3 Å². The number of H-pyrrole nitrogens is 1. The lowest BCUT2D eigenvalue weighted by atomic mass is 10.1. The number of nitrogens with one attached hydrogen (secondary N) is 1. The van der Waals surface area contributed by atoms with Crippen LogP contribution in [0.3, 0.4) is 0 Å². The van der Waals surface area contributed by atoms with E-state index in [9.17, 15) is 9.59 Å². The van der Waals surface area contributed by atoms with Crippen LogP contribution >= 0.6 is 0 Å². The van der Waals surface area contributed by atoms with Crippen molar-refractivity contribution in [3.8, 4) is 11.8 Å². The lowest BCUT2D eigenvalue weighted by Crippen LogP contribution is -2.23. The second kappa shape index (κ2) is 6.27. The van der Waals surface area contributed by atoms with E-state index in [-0.39, 0.29) is 11.5 Å². The number of rotatable bonds is 1. The van der Waals surface area contributed by atoms with Gasteiger partial charge in [0.25, 0.3) is 5.56 Å². The molecule has 0 unspecified atom stereocenters. The molecule has 22 heavy (non-hydrogen) atoms. The van der Waals surface area contributed by atoms with Gasteiger partial charge in [0.15, 0.2) is 0 Å². The van der Waals surface area contributed by atoms with E-state index in [0.717, 1.165) is 0 Å². The first kappa shape index (κ1) is 15.5. The third-order valence-corrected chi connectivity index (χ3v) is 2.58.